The Morgan fingerprint density at radius 1 is 1.00 bits per heavy atom. The van der Waals surface area contributed by atoms with Crippen LogP contribution in [0.15, 0.2) is 53.3 Å². The van der Waals surface area contributed by atoms with Gasteiger partial charge in [-0.3, -0.25) is 4.79 Å². The van der Waals surface area contributed by atoms with Gasteiger partial charge >= 0.3 is 0 Å². The van der Waals surface area contributed by atoms with Crippen molar-refractivity contribution in [1.82, 2.24) is 10.2 Å². The predicted octanol–water partition coefficient (Wildman–Crippen LogP) is 3.50. The Bertz CT molecular complexity index is 1350. The van der Waals surface area contributed by atoms with Crippen molar-refractivity contribution in [2.75, 3.05) is 25.7 Å². The van der Waals surface area contributed by atoms with Gasteiger partial charge in [-0.05, 0) is 41.5 Å². The van der Waals surface area contributed by atoms with Crippen LogP contribution in [-0.4, -0.2) is 24.4 Å². The molecule has 4 aromatic rings. The van der Waals surface area contributed by atoms with Crippen molar-refractivity contribution in [3.8, 4) is 22.6 Å². The number of H-pyrrole nitrogens is 1. The van der Waals surface area contributed by atoms with Crippen LogP contribution in [-0.2, 0) is 6.42 Å². The number of hydrogen-bond acceptors (Lipinski definition) is 6. The molecule has 0 atom stereocenters. The highest BCUT2D eigenvalue weighted by Crippen LogP contribution is 2.33. The van der Waals surface area contributed by atoms with Crippen LogP contribution in [0.2, 0.25) is 0 Å². The molecule has 7 nitrogen and oxygen atoms in total. The molecule has 0 fully saturated rings. The minimum absolute atomic E-state index is 0.341. The molecule has 0 radical (unpaired) electrons. The van der Waals surface area contributed by atoms with Gasteiger partial charge < -0.3 is 20.9 Å². The van der Waals surface area contributed by atoms with Crippen LogP contribution < -0.4 is 26.5 Å². The Balaban J connectivity index is 1.82. The highest BCUT2D eigenvalue weighted by molar-refractivity contribution is 5.91. The topological polar surface area (TPSA) is 116 Å². The molecule has 158 valence electrons. The summed E-state index contributed by atoms with van der Waals surface area (Å²) in [6.07, 6.45) is 0.341. The molecule has 0 aliphatic rings. The summed E-state index contributed by atoms with van der Waals surface area (Å²) in [5.74, 6) is 0.586. The highest BCUT2D eigenvalue weighted by Gasteiger charge is 2.16. The van der Waals surface area contributed by atoms with Gasteiger partial charge in [0.05, 0.1) is 42.1 Å². The fourth-order valence-electron chi connectivity index (χ4n) is 3.55. The van der Waals surface area contributed by atoms with Gasteiger partial charge in [0.1, 0.15) is 17.3 Å². The number of fused-ring (bicyclic) bond motifs is 1. The second-order valence-electron chi connectivity index (χ2n) is 7.09. The molecule has 0 bridgehead atoms. The van der Waals surface area contributed by atoms with E-state index in [-0.39, 0.29) is 11.4 Å². The van der Waals surface area contributed by atoms with Crippen LogP contribution >= 0.6 is 0 Å². The first kappa shape index (κ1) is 20.2. The van der Waals surface area contributed by atoms with E-state index in [1.807, 2.05) is 0 Å². The predicted molar refractivity (Wildman–Crippen MR) is 119 cm³/mol. The van der Waals surface area contributed by atoms with Crippen LogP contribution in [0.5, 0.6) is 11.5 Å². The summed E-state index contributed by atoms with van der Waals surface area (Å²) in [7, 11) is 3.03. The minimum atomic E-state index is -0.380. The van der Waals surface area contributed by atoms with Gasteiger partial charge in [0.2, 0.25) is 0 Å². The number of aromatic nitrogens is 2. The van der Waals surface area contributed by atoms with Crippen molar-refractivity contribution in [3.05, 3.63) is 76.0 Å². The number of hydrogen-bond donors (Lipinski definition) is 3. The standard InChI is InChI=1S/C23H21FN4O3/c1-30-14-10-16-22(21(11-14)31-2)20(27-28-23(16)29)8-12-3-5-17(24)15(7-12)13-4-6-18(25)19(26)9-13/h3-7,9-11H,8,25-26H2,1-2H3,(H,28,29). The number of nitrogens with zero attached hydrogens (tertiary/aromatic N) is 1. The number of halogens is 1. The van der Waals surface area contributed by atoms with Crippen molar-refractivity contribution < 1.29 is 13.9 Å². The smallest absolute Gasteiger partial charge is 0.272 e. The number of benzene rings is 3. The van der Waals surface area contributed by atoms with Gasteiger partial charge in [0.15, 0.2) is 0 Å². The largest absolute Gasteiger partial charge is 0.497 e. The first-order chi connectivity index (χ1) is 14.9. The zero-order valence-electron chi connectivity index (χ0n) is 17.0. The van der Waals surface area contributed by atoms with Gasteiger partial charge in [-0.1, -0.05) is 12.1 Å². The summed E-state index contributed by atoms with van der Waals surface area (Å²) in [5, 5.41) is 7.72. The molecule has 3 aromatic carbocycles. The van der Waals surface area contributed by atoms with Crippen molar-refractivity contribution >= 4 is 22.1 Å². The van der Waals surface area contributed by atoms with Gasteiger partial charge in [0.25, 0.3) is 5.56 Å². The van der Waals surface area contributed by atoms with E-state index in [4.69, 9.17) is 20.9 Å². The molecule has 0 saturated heterocycles. The number of nitrogens with two attached hydrogens (primary N) is 2. The first-order valence-electron chi connectivity index (χ1n) is 9.48. The van der Waals surface area contributed by atoms with E-state index in [0.29, 0.717) is 56.9 Å². The molecular weight excluding hydrogens is 399 g/mol. The van der Waals surface area contributed by atoms with Gasteiger partial charge in [-0.25, -0.2) is 9.49 Å². The van der Waals surface area contributed by atoms with E-state index < -0.39 is 0 Å². The quantitative estimate of drug-likeness (QED) is 0.426. The SMILES string of the molecule is COc1cc(OC)c2c(Cc3ccc(F)c(-c4ccc(N)c(N)c4)c3)n[nH]c(=O)c2c1. The third-order valence-corrected chi connectivity index (χ3v) is 5.16. The number of nitrogen functional groups attached to an aromatic ring is 2. The van der Waals surface area contributed by atoms with E-state index in [2.05, 4.69) is 10.2 Å². The van der Waals surface area contributed by atoms with Crippen LogP contribution in [0.25, 0.3) is 21.9 Å². The Morgan fingerprint density at radius 2 is 1.81 bits per heavy atom. The van der Waals surface area contributed by atoms with Crippen molar-refractivity contribution in [3.63, 3.8) is 0 Å². The molecule has 5 N–H and O–H groups in total. The van der Waals surface area contributed by atoms with Crippen LogP contribution in [0.1, 0.15) is 11.3 Å². The Kier molecular flexibility index (Phi) is 5.21. The van der Waals surface area contributed by atoms with E-state index in [9.17, 15) is 9.18 Å². The zero-order chi connectivity index (χ0) is 22.1. The maximum absolute atomic E-state index is 14.6. The molecule has 1 heterocycles. The summed E-state index contributed by atoms with van der Waals surface area (Å²) in [5.41, 5.74) is 14.5. The van der Waals surface area contributed by atoms with Crippen LogP contribution in [0.4, 0.5) is 15.8 Å². The average molecular weight is 420 g/mol. The summed E-state index contributed by atoms with van der Waals surface area (Å²) < 4.78 is 25.3. The Labute approximate surface area is 177 Å². The monoisotopic (exact) mass is 420 g/mol. The van der Waals surface area contributed by atoms with Crippen LogP contribution in [0.3, 0.4) is 0 Å². The van der Waals surface area contributed by atoms with Crippen LogP contribution in [0, 0.1) is 5.82 Å². The lowest BCUT2D eigenvalue weighted by atomic mass is 9.98. The molecular formula is C23H21FN4O3. The number of anilines is 2. The normalized spacial score (nSPS) is 10.9. The summed E-state index contributed by atoms with van der Waals surface area (Å²) >= 11 is 0. The Morgan fingerprint density at radius 3 is 2.52 bits per heavy atom. The minimum Gasteiger partial charge on any atom is -0.497 e. The number of rotatable bonds is 5. The average Bonchev–Trinajstić information content (AvgIpc) is 2.78. The van der Waals surface area contributed by atoms with Crippen molar-refractivity contribution in [2.24, 2.45) is 0 Å². The fourth-order valence-corrected chi connectivity index (χ4v) is 3.55. The maximum Gasteiger partial charge on any atom is 0.272 e. The zero-order valence-corrected chi connectivity index (χ0v) is 17.0. The lowest BCUT2D eigenvalue weighted by molar-refractivity contribution is 0.397. The molecule has 0 aliphatic heterocycles. The lowest BCUT2D eigenvalue weighted by Gasteiger charge is -2.12. The molecule has 31 heavy (non-hydrogen) atoms. The van der Waals surface area contributed by atoms with E-state index in [0.717, 1.165) is 5.56 Å². The number of nitrogens with one attached hydrogen (secondary N) is 1. The summed E-state index contributed by atoms with van der Waals surface area (Å²) in [6, 6.07) is 13.1. The number of ether oxygens (including phenoxy) is 2. The summed E-state index contributed by atoms with van der Waals surface area (Å²) in [4.78, 5) is 12.4. The van der Waals surface area contributed by atoms with E-state index in [1.54, 1.807) is 42.5 Å². The van der Waals surface area contributed by atoms with Crippen molar-refractivity contribution in [1.29, 1.82) is 0 Å². The van der Waals surface area contributed by atoms with E-state index >= 15 is 0 Å². The number of aromatic amines is 1. The third kappa shape index (κ3) is 3.75. The first-order valence-corrected chi connectivity index (χ1v) is 9.48. The van der Waals surface area contributed by atoms with Gasteiger partial charge in [0, 0.05) is 18.1 Å². The van der Waals surface area contributed by atoms with Crippen molar-refractivity contribution in [2.45, 2.75) is 6.42 Å². The van der Waals surface area contributed by atoms with Gasteiger partial charge in [-0.15, -0.1) is 0 Å². The molecule has 1 aromatic heterocycles. The molecule has 8 heteroatoms. The highest BCUT2D eigenvalue weighted by atomic mass is 19.1. The maximum atomic E-state index is 14.6. The lowest BCUT2D eigenvalue weighted by Crippen LogP contribution is -2.12. The molecule has 0 saturated carbocycles. The molecule has 0 amide bonds. The van der Waals surface area contributed by atoms with E-state index in [1.165, 1.54) is 20.3 Å². The Hall–Kier alpha value is -4.07. The molecule has 0 aliphatic carbocycles. The third-order valence-electron chi connectivity index (χ3n) is 5.16. The summed E-state index contributed by atoms with van der Waals surface area (Å²) in [6.45, 7) is 0. The fraction of sp³-hybridized carbons (Fsp3) is 0.130. The van der Waals surface area contributed by atoms with Gasteiger partial charge in [-0.2, -0.15) is 5.10 Å². The molecule has 0 unspecified atom stereocenters. The molecule has 4 rings (SSSR count). The molecule has 0 spiro atoms. The second-order valence-corrected chi connectivity index (χ2v) is 7.09. The second kappa shape index (κ2) is 7.98. The number of methoxy groups -OCH3 is 2.